The molecule has 0 aromatic heterocycles. The third-order valence-electron chi connectivity index (χ3n) is 4.48. The smallest absolute Gasteiger partial charge is 0.325 e. The van der Waals surface area contributed by atoms with Gasteiger partial charge in [-0.15, -0.1) is 0 Å². The summed E-state index contributed by atoms with van der Waals surface area (Å²) < 4.78 is 38.3. The highest BCUT2D eigenvalue weighted by Gasteiger charge is 2.23. The second kappa shape index (κ2) is 10.0. The summed E-state index contributed by atoms with van der Waals surface area (Å²) in [6.45, 7) is 2.37. The van der Waals surface area contributed by atoms with Crippen molar-refractivity contribution in [2.75, 3.05) is 24.5 Å². The molecule has 0 atom stereocenters. The molecular weight excluding hydrogens is 444 g/mol. The number of esters is 1. The summed E-state index contributed by atoms with van der Waals surface area (Å²) >= 11 is 6.07. The van der Waals surface area contributed by atoms with Crippen molar-refractivity contribution in [1.29, 1.82) is 0 Å². The normalized spacial score (nSPS) is 13.4. The van der Waals surface area contributed by atoms with Crippen LogP contribution in [-0.4, -0.2) is 40.1 Å². The summed E-state index contributed by atoms with van der Waals surface area (Å²) in [5.74, 6) is -0.200. The summed E-state index contributed by atoms with van der Waals surface area (Å²) in [6, 6.07) is 10.2. The van der Waals surface area contributed by atoms with Crippen LogP contribution < -0.4 is 14.8 Å². The average Bonchev–Trinajstić information content (AvgIpc) is 3.56. The van der Waals surface area contributed by atoms with Gasteiger partial charge in [0.2, 0.25) is 0 Å². The molecule has 0 heterocycles. The number of hydrogen-bond acceptors (Lipinski definition) is 6. The highest BCUT2D eigenvalue weighted by atomic mass is 35.5. The van der Waals surface area contributed by atoms with E-state index in [0.717, 1.165) is 18.9 Å². The molecule has 1 saturated carbocycles. The lowest BCUT2D eigenvalue weighted by Crippen LogP contribution is -2.31. The number of sulfonamides is 1. The number of nitrogens with one attached hydrogen (secondary N) is 2. The van der Waals surface area contributed by atoms with Crippen LogP contribution in [-0.2, 0) is 19.6 Å². The predicted octanol–water partition coefficient (Wildman–Crippen LogP) is 3.22. The molecule has 3 rings (SSSR count). The van der Waals surface area contributed by atoms with Gasteiger partial charge < -0.3 is 14.8 Å². The van der Waals surface area contributed by atoms with Crippen molar-refractivity contribution >= 4 is 39.2 Å². The lowest BCUT2D eigenvalue weighted by molar-refractivity contribution is -0.142. The van der Waals surface area contributed by atoms with Crippen LogP contribution in [0.4, 0.5) is 5.69 Å². The van der Waals surface area contributed by atoms with E-state index in [4.69, 9.17) is 21.1 Å². The Labute approximate surface area is 185 Å². The van der Waals surface area contributed by atoms with Crippen LogP contribution in [0, 0.1) is 5.92 Å². The molecule has 0 saturated heterocycles. The SMILES string of the molecule is CCOc1ccc(NS(=O)(=O)c2ccc(Cl)c(C(=O)NCC(=O)OCC3CC3)c2)cc1. The first-order valence-corrected chi connectivity index (χ1v) is 11.6. The Morgan fingerprint density at radius 3 is 2.48 bits per heavy atom. The van der Waals surface area contributed by atoms with Gasteiger partial charge in [0.1, 0.15) is 12.3 Å². The Morgan fingerprint density at radius 2 is 1.84 bits per heavy atom. The zero-order valence-electron chi connectivity index (χ0n) is 16.9. The molecule has 2 aromatic rings. The molecule has 0 unspecified atom stereocenters. The lowest BCUT2D eigenvalue weighted by atomic mass is 10.2. The van der Waals surface area contributed by atoms with Gasteiger partial charge in [-0.25, -0.2) is 8.42 Å². The first kappa shape index (κ1) is 22.9. The first-order chi connectivity index (χ1) is 14.8. The minimum absolute atomic E-state index is 0.0591. The predicted molar refractivity (Wildman–Crippen MR) is 116 cm³/mol. The van der Waals surface area contributed by atoms with Crippen molar-refractivity contribution in [3.05, 3.63) is 53.1 Å². The highest BCUT2D eigenvalue weighted by Crippen LogP contribution is 2.28. The number of carbonyl (C=O) groups is 2. The Morgan fingerprint density at radius 1 is 1.13 bits per heavy atom. The van der Waals surface area contributed by atoms with E-state index in [2.05, 4.69) is 10.0 Å². The maximum Gasteiger partial charge on any atom is 0.325 e. The van der Waals surface area contributed by atoms with Crippen LogP contribution in [0.3, 0.4) is 0 Å². The third-order valence-corrected chi connectivity index (χ3v) is 6.19. The summed E-state index contributed by atoms with van der Waals surface area (Å²) in [5, 5.41) is 2.46. The van der Waals surface area contributed by atoms with Gasteiger partial charge in [-0.3, -0.25) is 14.3 Å². The Hall–Kier alpha value is -2.78. The standard InChI is InChI=1S/C21H23ClN2O6S/c1-2-29-16-7-5-15(6-8-16)24-31(27,28)17-9-10-19(22)18(11-17)21(26)23-12-20(25)30-13-14-3-4-14/h5-11,14,24H,2-4,12-13H2,1H3,(H,23,26). The minimum atomic E-state index is -3.97. The monoisotopic (exact) mass is 466 g/mol. The van der Waals surface area contributed by atoms with Gasteiger partial charge in [-0.05, 0) is 68.1 Å². The van der Waals surface area contributed by atoms with Crippen LogP contribution in [0.5, 0.6) is 5.75 Å². The van der Waals surface area contributed by atoms with Gasteiger partial charge in [0.15, 0.2) is 0 Å². The number of hydrogen-bond donors (Lipinski definition) is 2. The first-order valence-electron chi connectivity index (χ1n) is 9.77. The molecule has 166 valence electrons. The molecule has 1 fully saturated rings. The van der Waals surface area contributed by atoms with Crippen LogP contribution in [0.25, 0.3) is 0 Å². The molecule has 0 bridgehead atoms. The number of rotatable bonds is 10. The van der Waals surface area contributed by atoms with Gasteiger partial charge >= 0.3 is 5.97 Å². The fourth-order valence-corrected chi connectivity index (χ4v) is 3.93. The Bertz CT molecular complexity index is 1050. The lowest BCUT2D eigenvalue weighted by Gasteiger charge is -2.12. The average molecular weight is 467 g/mol. The van der Waals surface area contributed by atoms with E-state index < -0.39 is 21.9 Å². The van der Waals surface area contributed by atoms with E-state index >= 15 is 0 Å². The van der Waals surface area contributed by atoms with E-state index in [0.29, 0.717) is 30.6 Å². The molecule has 0 radical (unpaired) electrons. The number of halogens is 1. The minimum Gasteiger partial charge on any atom is -0.494 e. The Balaban J connectivity index is 1.66. The second-order valence-corrected chi connectivity index (χ2v) is 9.10. The van der Waals surface area contributed by atoms with E-state index in [-0.39, 0.29) is 22.0 Å². The van der Waals surface area contributed by atoms with Crippen LogP contribution >= 0.6 is 11.6 Å². The topological polar surface area (TPSA) is 111 Å². The van der Waals surface area contributed by atoms with E-state index in [1.165, 1.54) is 12.1 Å². The molecule has 10 heteroatoms. The van der Waals surface area contributed by atoms with Crippen molar-refractivity contribution in [3.8, 4) is 5.75 Å². The zero-order valence-corrected chi connectivity index (χ0v) is 18.5. The third kappa shape index (κ3) is 6.60. The van der Waals surface area contributed by atoms with Gasteiger partial charge in [0.05, 0.1) is 28.7 Å². The van der Waals surface area contributed by atoms with E-state index in [1.54, 1.807) is 24.3 Å². The van der Waals surface area contributed by atoms with Gasteiger partial charge in [-0.2, -0.15) is 0 Å². The van der Waals surface area contributed by atoms with E-state index in [9.17, 15) is 18.0 Å². The molecular formula is C21H23ClN2O6S. The van der Waals surface area contributed by atoms with Gasteiger partial charge in [0.25, 0.3) is 15.9 Å². The molecule has 0 aliphatic heterocycles. The zero-order chi connectivity index (χ0) is 22.4. The highest BCUT2D eigenvalue weighted by molar-refractivity contribution is 7.92. The van der Waals surface area contributed by atoms with Crippen LogP contribution in [0.1, 0.15) is 30.1 Å². The molecule has 8 nitrogen and oxygen atoms in total. The summed E-state index contributed by atoms with van der Waals surface area (Å²) in [6.07, 6.45) is 2.09. The summed E-state index contributed by atoms with van der Waals surface area (Å²) in [5.41, 5.74) is 0.272. The van der Waals surface area contributed by atoms with Crippen molar-refractivity contribution in [2.45, 2.75) is 24.7 Å². The fourth-order valence-electron chi connectivity index (χ4n) is 2.64. The summed E-state index contributed by atoms with van der Waals surface area (Å²) in [4.78, 5) is 24.0. The van der Waals surface area contributed by atoms with Crippen LogP contribution in [0.15, 0.2) is 47.4 Å². The largest absolute Gasteiger partial charge is 0.494 e. The number of ether oxygens (including phenoxy) is 2. The van der Waals surface area contributed by atoms with Crippen molar-refractivity contribution in [1.82, 2.24) is 5.32 Å². The fraction of sp³-hybridized carbons (Fsp3) is 0.333. The molecule has 2 N–H and O–H groups in total. The number of amides is 1. The van der Waals surface area contributed by atoms with E-state index in [1.807, 2.05) is 6.92 Å². The van der Waals surface area contributed by atoms with Gasteiger partial charge in [0, 0.05) is 5.69 Å². The van der Waals surface area contributed by atoms with Crippen molar-refractivity contribution < 1.29 is 27.5 Å². The van der Waals surface area contributed by atoms with Crippen molar-refractivity contribution in [2.24, 2.45) is 5.92 Å². The number of benzene rings is 2. The molecule has 1 amide bonds. The molecule has 2 aromatic carbocycles. The Kier molecular flexibility index (Phi) is 7.40. The van der Waals surface area contributed by atoms with Crippen LogP contribution in [0.2, 0.25) is 5.02 Å². The maximum atomic E-state index is 12.7. The summed E-state index contributed by atoms with van der Waals surface area (Å²) in [7, 11) is -3.97. The number of carbonyl (C=O) groups excluding carboxylic acids is 2. The number of anilines is 1. The molecule has 1 aliphatic carbocycles. The molecule has 31 heavy (non-hydrogen) atoms. The quantitative estimate of drug-likeness (QED) is 0.520. The molecule has 1 aliphatic rings. The second-order valence-electron chi connectivity index (χ2n) is 7.01. The molecule has 0 spiro atoms. The van der Waals surface area contributed by atoms with Crippen molar-refractivity contribution in [3.63, 3.8) is 0 Å². The maximum absolute atomic E-state index is 12.7. The van der Waals surface area contributed by atoms with Gasteiger partial charge in [-0.1, -0.05) is 11.6 Å².